The van der Waals surface area contributed by atoms with Crippen molar-refractivity contribution in [3.63, 3.8) is 0 Å². The molecule has 0 radical (unpaired) electrons. The molecule has 3 rings (SSSR count). The average Bonchev–Trinajstić information content (AvgIpc) is 3.13. The highest BCUT2D eigenvalue weighted by Crippen LogP contribution is 2.27. The Balaban J connectivity index is 1.82. The van der Waals surface area contributed by atoms with E-state index in [9.17, 15) is 8.42 Å². The molecule has 1 aromatic carbocycles. The summed E-state index contributed by atoms with van der Waals surface area (Å²) in [5, 5.41) is 5.95. The Kier molecular flexibility index (Phi) is 5.04. The first-order chi connectivity index (χ1) is 11.8. The van der Waals surface area contributed by atoms with E-state index in [1.165, 1.54) is 11.3 Å². The van der Waals surface area contributed by atoms with Crippen LogP contribution in [0.4, 0.5) is 5.13 Å². The Hall–Kier alpha value is -1.64. The molecule has 1 unspecified atom stereocenters. The summed E-state index contributed by atoms with van der Waals surface area (Å²) in [6.45, 7) is 3.55. The van der Waals surface area contributed by atoms with Gasteiger partial charge in [0.05, 0.1) is 17.6 Å². The van der Waals surface area contributed by atoms with Gasteiger partial charge >= 0.3 is 0 Å². The maximum absolute atomic E-state index is 11.8. The van der Waals surface area contributed by atoms with E-state index in [1.54, 1.807) is 11.4 Å². The minimum absolute atomic E-state index is 0.109. The molecular weight excluding hydrogens is 380 g/mol. The van der Waals surface area contributed by atoms with E-state index < -0.39 is 9.84 Å². The molecule has 0 spiro atoms. The number of rotatable bonds is 6. The lowest BCUT2D eigenvalue weighted by atomic mass is 10.2. The molecule has 0 saturated heterocycles. The molecule has 0 amide bonds. The van der Waals surface area contributed by atoms with E-state index in [0.29, 0.717) is 5.02 Å². The number of hydrogen-bond donors (Lipinski definition) is 0. The summed E-state index contributed by atoms with van der Waals surface area (Å²) in [6, 6.07) is 7.33. The molecule has 0 aliphatic heterocycles. The van der Waals surface area contributed by atoms with Crippen LogP contribution in [0.3, 0.4) is 0 Å². The van der Waals surface area contributed by atoms with Crippen LogP contribution in [0, 0.1) is 0 Å². The number of anilines is 1. The number of fused-ring (bicyclic) bond motifs is 1. The van der Waals surface area contributed by atoms with Crippen molar-refractivity contribution in [3.8, 4) is 11.3 Å². The molecule has 9 heteroatoms. The smallest absolute Gasteiger partial charge is 0.214 e. The third kappa shape index (κ3) is 3.96. The largest absolute Gasteiger partial charge is 0.346 e. The summed E-state index contributed by atoms with van der Waals surface area (Å²) in [4.78, 5) is 7.24. The summed E-state index contributed by atoms with van der Waals surface area (Å²) in [6.07, 6.45) is 1.86. The van der Waals surface area contributed by atoms with Gasteiger partial charge in [-0.15, -0.1) is 5.10 Å². The van der Waals surface area contributed by atoms with Crippen molar-refractivity contribution in [1.82, 2.24) is 14.6 Å². The number of imidazole rings is 1. The van der Waals surface area contributed by atoms with Crippen LogP contribution in [0.25, 0.3) is 16.2 Å². The number of halogens is 1. The SMILES string of the molecule is CCS(=O)(=O)CC(C)N(C)c1nn2cc(-c3ccc(Cl)cc3)nc2s1. The van der Waals surface area contributed by atoms with Crippen molar-refractivity contribution in [3.05, 3.63) is 35.5 Å². The van der Waals surface area contributed by atoms with Crippen LogP contribution in [-0.2, 0) is 9.84 Å². The minimum Gasteiger partial charge on any atom is -0.346 e. The predicted octanol–water partition coefficient (Wildman–Crippen LogP) is 3.37. The van der Waals surface area contributed by atoms with E-state index in [-0.39, 0.29) is 17.5 Å². The first-order valence-corrected chi connectivity index (χ1v) is 10.9. The molecule has 0 bridgehead atoms. The second kappa shape index (κ2) is 6.93. The molecular formula is C16H19ClN4O2S2. The monoisotopic (exact) mass is 398 g/mol. The molecule has 134 valence electrons. The Bertz CT molecular complexity index is 948. The molecule has 1 atom stereocenters. The maximum atomic E-state index is 11.8. The van der Waals surface area contributed by atoms with Gasteiger partial charge in [-0.1, -0.05) is 42.0 Å². The van der Waals surface area contributed by atoms with Gasteiger partial charge in [0.25, 0.3) is 0 Å². The number of benzene rings is 1. The fourth-order valence-electron chi connectivity index (χ4n) is 2.38. The number of sulfone groups is 1. The van der Waals surface area contributed by atoms with Gasteiger partial charge in [0.15, 0.2) is 9.84 Å². The van der Waals surface area contributed by atoms with Gasteiger partial charge in [0.1, 0.15) is 0 Å². The molecule has 25 heavy (non-hydrogen) atoms. The molecule has 0 aliphatic carbocycles. The molecule has 0 N–H and O–H groups in total. The van der Waals surface area contributed by atoms with Gasteiger partial charge in [-0.2, -0.15) is 0 Å². The fraction of sp³-hybridized carbons (Fsp3) is 0.375. The summed E-state index contributed by atoms with van der Waals surface area (Å²) >= 11 is 7.35. The average molecular weight is 399 g/mol. The molecule has 0 fully saturated rings. The highest BCUT2D eigenvalue weighted by Gasteiger charge is 2.21. The van der Waals surface area contributed by atoms with Gasteiger partial charge in [0.2, 0.25) is 10.1 Å². The lowest BCUT2D eigenvalue weighted by Gasteiger charge is -2.23. The summed E-state index contributed by atoms with van der Waals surface area (Å²) < 4.78 is 25.4. The van der Waals surface area contributed by atoms with Gasteiger partial charge in [-0.25, -0.2) is 17.9 Å². The zero-order chi connectivity index (χ0) is 18.2. The zero-order valence-corrected chi connectivity index (χ0v) is 16.6. The Labute approximate surface area is 156 Å². The first kappa shape index (κ1) is 18.2. The van der Waals surface area contributed by atoms with Crippen LogP contribution in [0.5, 0.6) is 0 Å². The second-order valence-corrected chi connectivity index (χ2v) is 9.67. The summed E-state index contributed by atoms with van der Waals surface area (Å²) in [7, 11) is -1.18. The standard InChI is InChI=1S/C16H19ClN4O2S2/c1-4-25(22,23)10-11(2)20(3)16-19-21-9-14(18-15(21)24-16)12-5-7-13(17)8-6-12/h5-9,11H,4,10H2,1-3H3. The van der Waals surface area contributed by atoms with Crippen LogP contribution >= 0.6 is 22.9 Å². The first-order valence-electron chi connectivity index (χ1n) is 7.84. The number of nitrogens with zero attached hydrogens (tertiary/aromatic N) is 4. The normalized spacial score (nSPS) is 13.3. The maximum Gasteiger partial charge on any atom is 0.214 e. The molecule has 0 aliphatic rings. The summed E-state index contributed by atoms with van der Waals surface area (Å²) in [5.74, 6) is 0.259. The van der Waals surface area contributed by atoms with Gasteiger partial charge in [-0.05, 0) is 19.1 Å². The predicted molar refractivity (Wildman–Crippen MR) is 104 cm³/mol. The molecule has 3 aromatic rings. The second-order valence-electron chi connectivity index (χ2n) is 5.90. The van der Waals surface area contributed by atoms with Crippen molar-refractivity contribution < 1.29 is 8.42 Å². The number of aromatic nitrogens is 3. The Morgan fingerprint density at radius 3 is 2.60 bits per heavy atom. The Morgan fingerprint density at radius 1 is 1.32 bits per heavy atom. The van der Waals surface area contributed by atoms with Crippen LogP contribution < -0.4 is 4.90 Å². The molecule has 2 aromatic heterocycles. The molecule has 6 nitrogen and oxygen atoms in total. The van der Waals surface area contributed by atoms with Crippen LogP contribution in [-0.4, -0.2) is 47.6 Å². The van der Waals surface area contributed by atoms with Crippen LogP contribution in [0.15, 0.2) is 30.5 Å². The third-order valence-corrected chi connectivity index (χ3v) is 7.21. The quantitative estimate of drug-likeness (QED) is 0.636. The zero-order valence-electron chi connectivity index (χ0n) is 14.2. The highest BCUT2D eigenvalue weighted by atomic mass is 35.5. The third-order valence-electron chi connectivity index (χ3n) is 4.07. The number of hydrogen-bond acceptors (Lipinski definition) is 6. The van der Waals surface area contributed by atoms with Crippen molar-refractivity contribution in [2.75, 3.05) is 23.5 Å². The lowest BCUT2D eigenvalue weighted by molar-refractivity contribution is 0.588. The van der Waals surface area contributed by atoms with E-state index in [0.717, 1.165) is 21.3 Å². The minimum atomic E-state index is -3.03. The van der Waals surface area contributed by atoms with E-state index >= 15 is 0 Å². The van der Waals surface area contributed by atoms with Crippen molar-refractivity contribution in [2.24, 2.45) is 0 Å². The fourth-order valence-corrected chi connectivity index (χ4v) is 4.64. The topological polar surface area (TPSA) is 67.6 Å². The van der Waals surface area contributed by atoms with Gasteiger partial charge in [-0.3, -0.25) is 0 Å². The van der Waals surface area contributed by atoms with Gasteiger partial charge in [0, 0.05) is 29.4 Å². The van der Waals surface area contributed by atoms with Crippen LogP contribution in [0.1, 0.15) is 13.8 Å². The van der Waals surface area contributed by atoms with E-state index in [2.05, 4.69) is 10.1 Å². The van der Waals surface area contributed by atoms with E-state index in [4.69, 9.17) is 11.6 Å². The van der Waals surface area contributed by atoms with Crippen molar-refractivity contribution in [2.45, 2.75) is 19.9 Å². The van der Waals surface area contributed by atoms with Crippen molar-refractivity contribution in [1.29, 1.82) is 0 Å². The lowest BCUT2D eigenvalue weighted by Crippen LogP contribution is -2.35. The Morgan fingerprint density at radius 2 is 2.00 bits per heavy atom. The molecule has 2 heterocycles. The molecule has 0 saturated carbocycles. The van der Waals surface area contributed by atoms with Crippen LogP contribution in [0.2, 0.25) is 5.02 Å². The van der Waals surface area contributed by atoms with Crippen molar-refractivity contribution >= 4 is 42.9 Å². The summed E-state index contributed by atoms with van der Waals surface area (Å²) in [5.41, 5.74) is 1.80. The highest BCUT2D eigenvalue weighted by molar-refractivity contribution is 7.91. The van der Waals surface area contributed by atoms with Gasteiger partial charge < -0.3 is 4.90 Å². The van der Waals surface area contributed by atoms with E-state index in [1.807, 2.05) is 49.3 Å².